The lowest BCUT2D eigenvalue weighted by molar-refractivity contribution is 0.0937. The monoisotopic (exact) mass is 270 g/mol. The largest absolute Gasteiger partial charge is 0.507 e. The summed E-state index contributed by atoms with van der Waals surface area (Å²) in [5, 5.41) is 14.7. The fraction of sp³-hybridized carbons (Fsp3) is 0.312. The molecule has 3 rings (SSSR count). The van der Waals surface area contributed by atoms with Crippen LogP contribution in [0, 0.1) is 0 Å². The number of phenols is 1. The molecule has 0 aliphatic heterocycles. The van der Waals surface area contributed by atoms with Gasteiger partial charge in [-0.3, -0.25) is 4.79 Å². The number of amides is 1. The van der Waals surface area contributed by atoms with Crippen molar-refractivity contribution < 1.29 is 9.90 Å². The minimum absolute atomic E-state index is 0.0171. The first-order valence-corrected chi connectivity index (χ1v) is 6.92. The minimum Gasteiger partial charge on any atom is -0.507 e. The Kier molecular flexibility index (Phi) is 3.32. The highest BCUT2D eigenvalue weighted by Gasteiger charge is 2.25. The van der Waals surface area contributed by atoms with Gasteiger partial charge in [0.2, 0.25) is 0 Å². The molecule has 2 aromatic rings. The van der Waals surface area contributed by atoms with Crippen molar-refractivity contribution in [1.82, 2.24) is 5.32 Å². The molecule has 20 heavy (non-hydrogen) atoms. The van der Waals surface area contributed by atoms with Crippen LogP contribution in [0.3, 0.4) is 0 Å². The Morgan fingerprint density at radius 3 is 2.75 bits per heavy atom. The van der Waals surface area contributed by atoms with E-state index in [-0.39, 0.29) is 23.7 Å². The second-order valence-corrected chi connectivity index (χ2v) is 5.42. The van der Waals surface area contributed by atoms with Gasteiger partial charge in [-0.1, -0.05) is 30.3 Å². The van der Waals surface area contributed by atoms with Gasteiger partial charge in [0.1, 0.15) is 5.75 Å². The van der Waals surface area contributed by atoms with Crippen LogP contribution in [-0.2, 0) is 0 Å². The number of phenolic OH excluding ortho intramolecular Hbond substituents is 1. The summed E-state index contributed by atoms with van der Waals surface area (Å²) in [5.74, 6) is -0.207. The number of nitrogens with two attached hydrogens (primary N) is 1. The minimum atomic E-state index is -0.224. The molecular weight excluding hydrogens is 252 g/mol. The number of carbonyl (C=O) groups excluding carboxylic acids is 1. The standard InChI is InChI=1S/C16H18N2O2/c17-11-6-7-12(9-11)18-16(20)15-13-4-2-1-3-10(13)5-8-14(15)19/h1-5,8,11-12,19H,6-7,9,17H2,(H,18,20)/t11-,12-/m0/s1. The fourth-order valence-electron chi connectivity index (χ4n) is 2.90. The average Bonchev–Trinajstić information content (AvgIpc) is 2.83. The van der Waals surface area contributed by atoms with E-state index >= 15 is 0 Å². The van der Waals surface area contributed by atoms with Gasteiger partial charge in [-0.15, -0.1) is 0 Å². The third-order valence-electron chi connectivity index (χ3n) is 3.94. The molecule has 4 nitrogen and oxygen atoms in total. The van der Waals surface area contributed by atoms with E-state index in [4.69, 9.17) is 5.73 Å². The highest BCUT2D eigenvalue weighted by molar-refractivity contribution is 6.09. The van der Waals surface area contributed by atoms with E-state index in [1.165, 1.54) is 0 Å². The summed E-state index contributed by atoms with van der Waals surface area (Å²) < 4.78 is 0. The van der Waals surface area contributed by atoms with E-state index in [9.17, 15) is 9.90 Å². The zero-order chi connectivity index (χ0) is 14.1. The molecule has 2 atom stereocenters. The molecule has 1 aliphatic carbocycles. The summed E-state index contributed by atoms with van der Waals surface area (Å²) in [4.78, 5) is 12.4. The van der Waals surface area contributed by atoms with Crippen LogP contribution in [0.2, 0.25) is 0 Å². The van der Waals surface area contributed by atoms with Crippen molar-refractivity contribution in [2.24, 2.45) is 5.73 Å². The molecule has 1 amide bonds. The molecule has 1 fully saturated rings. The van der Waals surface area contributed by atoms with Crippen LogP contribution in [0.25, 0.3) is 10.8 Å². The van der Waals surface area contributed by atoms with Gasteiger partial charge in [-0.2, -0.15) is 0 Å². The van der Waals surface area contributed by atoms with Crippen LogP contribution in [-0.4, -0.2) is 23.1 Å². The lowest BCUT2D eigenvalue weighted by Crippen LogP contribution is -2.34. The summed E-state index contributed by atoms with van der Waals surface area (Å²) in [5.41, 5.74) is 6.21. The number of benzene rings is 2. The number of hydrogen-bond donors (Lipinski definition) is 3. The molecule has 0 radical (unpaired) electrons. The maximum Gasteiger partial charge on any atom is 0.255 e. The van der Waals surface area contributed by atoms with Crippen LogP contribution in [0.15, 0.2) is 36.4 Å². The van der Waals surface area contributed by atoms with Crippen molar-refractivity contribution in [3.63, 3.8) is 0 Å². The molecule has 4 N–H and O–H groups in total. The third-order valence-corrected chi connectivity index (χ3v) is 3.94. The zero-order valence-corrected chi connectivity index (χ0v) is 11.2. The van der Waals surface area contributed by atoms with E-state index in [0.717, 1.165) is 30.0 Å². The Hall–Kier alpha value is -2.07. The molecule has 1 aliphatic rings. The highest BCUT2D eigenvalue weighted by atomic mass is 16.3. The van der Waals surface area contributed by atoms with E-state index in [1.807, 2.05) is 30.3 Å². The van der Waals surface area contributed by atoms with Crippen molar-refractivity contribution >= 4 is 16.7 Å². The van der Waals surface area contributed by atoms with E-state index < -0.39 is 0 Å². The molecule has 0 heterocycles. The van der Waals surface area contributed by atoms with Gasteiger partial charge in [0.15, 0.2) is 0 Å². The second-order valence-electron chi connectivity index (χ2n) is 5.42. The van der Waals surface area contributed by atoms with Crippen LogP contribution < -0.4 is 11.1 Å². The average molecular weight is 270 g/mol. The number of carbonyl (C=O) groups is 1. The SMILES string of the molecule is N[C@H]1CC[C@H](NC(=O)c2c(O)ccc3ccccc23)C1. The fourth-order valence-corrected chi connectivity index (χ4v) is 2.90. The third kappa shape index (κ3) is 2.34. The number of fused-ring (bicyclic) bond motifs is 1. The molecule has 0 spiro atoms. The Bertz CT molecular complexity index is 654. The topological polar surface area (TPSA) is 75.3 Å². The first kappa shape index (κ1) is 12.9. The van der Waals surface area contributed by atoms with Gasteiger partial charge >= 0.3 is 0 Å². The zero-order valence-electron chi connectivity index (χ0n) is 11.2. The number of nitrogens with one attached hydrogen (secondary N) is 1. The van der Waals surface area contributed by atoms with Crippen LogP contribution >= 0.6 is 0 Å². The summed E-state index contributed by atoms with van der Waals surface area (Å²) in [7, 11) is 0. The molecule has 0 unspecified atom stereocenters. The quantitative estimate of drug-likeness (QED) is 0.782. The highest BCUT2D eigenvalue weighted by Crippen LogP contribution is 2.27. The summed E-state index contributed by atoms with van der Waals surface area (Å²) in [6.07, 6.45) is 2.64. The smallest absolute Gasteiger partial charge is 0.255 e. The lowest BCUT2D eigenvalue weighted by atomic mass is 10.0. The normalized spacial score (nSPS) is 22.1. The predicted octanol–water partition coefficient (Wildman–Crippen LogP) is 2.16. The van der Waals surface area contributed by atoms with Gasteiger partial charge in [0, 0.05) is 12.1 Å². The molecule has 4 heteroatoms. The molecule has 104 valence electrons. The lowest BCUT2D eigenvalue weighted by Gasteiger charge is -2.14. The first-order valence-electron chi connectivity index (χ1n) is 6.92. The maximum atomic E-state index is 12.4. The Labute approximate surface area is 117 Å². The van der Waals surface area contributed by atoms with Crippen LogP contribution in [0.4, 0.5) is 0 Å². The summed E-state index contributed by atoms with van der Waals surface area (Å²) in [6, 6.07) is 11.2. The summed E-state index contributed by atoms with van der Waals surface area (Å²) >= 11 is 0. The Morgan fingerprint density at radius 2 is 2.00 bits per heavy atom. The van der Waals surface area contributed by atoms with Crippen molar-refractivity contribution in [1.29, 1.82) is 0 Å². The van der Waals surface area contributed by atoms with E-state index in [1.54, 1.807) is 6.07 Å². The van der Waals surface area contributed by atoms with E-state index in [2.05, 4.69) is 5.32 Å². The molecule has 0 bridgehead atoms. The van der Waals surface area contributed by atoms with Gasteiger partial charge in [0.25, 0.3) is 5.91 Å². The predicted molar refractivity (Wildman–Crippen MR) is 78.7 cm³/mol. The molecular formula is C16H18N2O2. The maximum absolute atomic E-state index is 12.4. The van der Waals surface area contributed by atoms with Crippen molar-refractivity contribution in [3.05, 3.63) is 42.0 Å². The van der Waals surface area contributed by atoms with Crippen molar-refractivity contribution in [2.45, 2.75) is 31.3 Å². The first-order chi connectivity index (χ1) is 9.65. The molecule has 0 aromatic heterocycles. The van der Waals surface area contributed by atoms with Gasteiger partial charge < -0.3 is 16.2 Å². The number of aromatic hydroxyl groups is 1. The second kappa shape index (κ2) is 5.13. The van der Waals surface area contributed by atoms with Crippen molar-refractivity contribution in [3.8, 4) is 5.75 Å². The molecule has 1 saturated carbocycles. The van der Waals surface area contributed by atoms with Crippen molar-refractivity contribution in [2.75, 3.05) is 0 Å². The molecule has 2 aromatic carbocycles. The molecule has 0 saturated heterocycles. The van der Waals surface area contributed by atoms with Gasteiger partial charge in [0.05, 0.1) is 5.56 Å². The number of rotatable bonds is 2. The van der Waals surface area contributed by atoms with E-state index in [0.29, 0.717) is 5.56 Å². The summed E-state index contributed by atoms with van der Waals surface area (Å²) in [6.45, 7) is 0. The Balaban J connectivity index is 1.92. The van der Waals surface area contributed by atoms with Gasteiger partial charge in [-0.05, 0) is 36.1 Å². The number of hydrogen-bond acceptors (Lipinski definition) is 3. The van der Waals surface area contributed by atoms with Crippen LogP contribution in [0.1, 0.15) is 29.6 Å². The van der Waals surface area contributed by atoms with Crippen LogP contribution in [0.5, 0.6) is 5.75 Å². The Morgan fingerprint density at radius 1 is 1.20 bits per heavy atom. The van der Waals surface area contributed by atoms with Gasteiger partial charge in [-0.25, -0.2) is 0 Å².